The van der Waals surface area contributed by atoms with Crippen LogP contribution in [-0.2, 0) is 22.4 Å². The summed E-state index contributed by atoms with van der Waals surface area (Å²) in [5.41, 5.74) is 2.25. The zero-order valence-corrected chi connectivity index (χ0v) is 20.7. The minimum Gasteiger partial charge on any atom is -0.489 e. The first-order valence-electron chi connectivity index (χ1n) is 12.0. The van der Waals surface area contributed by atoms with E-state index in [9.17, 15) is 15.2 Å². The lowest BCUT2D eigenvalue weighted by atomic mass is 9.93. The van der Waals surface area contributed by atoms with Crippen LogP contribution in [0.2, 0.25) is 0 Å². The Morgan fingerprint density at radius 3 is 2.57 bits per heavy atom. The van der Waals surface area contributed by atoms with Gasteiger partial charge in [0, 0.05) is 18.5 Å². The summed E-state index contributed by atoms with van der Waals surface area (Å²) in [6.45, 7) is 6.77. The molecule has 0 saturated heterocycles. The molecular weight excluding hydrogens is 440 g/mol. The summed E-state index contributed by atoms with van der Waals surface area (Å²) in [7, 11) is 0. The van der Waals surface area contributed by atoms with E-state index in [1.165, 1.54) is 16.3 Å². The van der Waals surface area contributed by atoms with E-state index in [1.54, 1.807) is 19.1 Å². The Bertz CT molecular complexity index is 1180. The van der Waals surface area contributed by atoms with Crippen LogP contribution in [0.3, 0.4) is 0 Å². The van der Waals surface area contributed by atoms with Crippen LogP contribution in [0, 0.1) is 11.3 Å². The van der Waals surface area contributed by atoms with Crippen LogP contribution in [0.4, 0.5) is 0 Å². The first kappa shape index (κ1) is 26.2. The molecular formula is C29H34N2O4. The third kappa shape index (κ3) is 8.10. The third-order valence-electron chi connectivity index (χ3n) is 5.79. The number of nitriles is 1. The van der Waals surface area contributed by atoms with Crippen molar-refractivity contribution in [3.8, 4) is 11.8 Å². The summed E-state index contributed by atoms with van der Waals surface area (Å²) in [5.74, 6) is 0.160. The molecule has 0 aliphatic carbocycles. The molecule has 0 bridgehead atoms. The standard InChI is InChI=1S/C29H34N2O4/c1-4-34-28(33)14-11-21-10-13-27(25(15-21)18-30)35-20-26(32)19-31-29(2,3)17-22-9-12-23-7-5-6-8-24(23)16-22/h5-10,12-13,15-16,26,31-32H,4,11,14,17,19-20H2,1-3H3. The second-order valence-electron chi connectivity index (χ2n) is 9.34. The lowest BCUT2D eigenvalue weighted by Gasteiger charge is -2.28. The van der Waals surface area contributed by atoms with Crippen LogP contribution in [0.1, 0.15) is 43.9 Å². The van der Waals surface area contributed by atoms with Crippen LogP contribution in [0.25, 0.3) is 10.8 Å². The van der Waals surface area contributed by atoms with Crippen LogP contribution in [-0.4, -0.2) is 42.5 Å². The van der Waals surface area contributed by atoms with Gasteiger partial charge in [-0.15, -0.1) is 0 Å². The number of hydrogen-bond donors (Lipinski definition) is 2. The minimum atomic E-state index is -0.735. The molecule has 1 unspecified atom stereocenters. The number of carbonyl (C=O) groups is 1. The van der Waals surface area contributed by atoms with E-state index in [0.29, 0.717) is 30.9 Å². The van der Waals surface area contributed by atoms with E-state index < -0.39 is 6.10 Å². The monoisotopic (exact) mass is 474 g/mol. The average Bonchev–Trinajstić information content (AvgIpc) is 2.85. The molecule has 0 radical (unpaired) electrons. The maximum Gasteiger partial charge on any atom is 0.306 e. The van der Waals surface area contributed by atoms with Crippen molar-refractivity contribution in [1.29, 1.82) is 5.26 Å². The van der Waals surface area contributed by atoms with E-state index in [-0.39, 0.29) is 24.5 Å². The number of carbonyl (C=O) groups excluding carboxylic acids is 1. The molecule has 6 nitrogen and oxygen atoms in total. The van der Waals surface area contributed by atoms with Crippen LogP contribution in [0.15, 0.2) is 60.7 Å². The second-order valence-corrected chi connectivity index (χ2v) is 9.34. The average molecular weight is 475 g/mol. The number of nitrogens with one attached hydrogen (secondary N) is 1. The molecule has 3 rings (SSSR count). The van der Waals surface area contributed by atoms with Crippen molar-refractivity contribution in [3.05, 3.63) is 77.4 Å². The van der Waals surface area contributed by atoms with Crippen molar-refractivity contribution < 1.29 is 19.4 Å². The Hall–Kier alpha value is -3.40. The Labute approximate surface area is 207 Å². The predicted octanol–water partition coefficient (Wildman–Crippen LogP) is 4.56. The fourth-order valence-corrected chi connectivity index (χ4v) is 3.99. The first-order valence-corrected chi connectivity index (χ1v) is 12.0. The lowest BCUT2D eigenvalue weighted by Crippen LogP contribution is -2.46. The Morgan fingerprint density at radius 2 is 1.83 bits per heavy atom. The van der Waals surface area contributed by atoms with E-state index in [2.05, 4.69) is 55.6 Å². The molecule has 0 amide bonds. The second kappa shape index (κ2) is 12.3. The first-order chi connectivity index (χ1) is 16.8. The van der Waals surface area contributed by atoms with Crippen LogP contribution >= 0.6 is 0 Å². The highest BCUT2D eigenvalue weighted by atomic mass is 16.5. The zero-order valence-electron chi connectivity index (χ0n) is 20.7. The molecule has 0 heterocycles. The van der Waals surface area contributed by atoms with Crippen molar-refractivity contribution in [1.82, 2.24) is 5.32 Å². The number of ether oxygens (including phenoxy) is 2. The fraction of sp³-hybridized carbons (Fsp3) is 0.379. The van der Waals surface area contributed by atoms with Gasteiger partial charge in [0.2, 0.25) is 0 Å². The highest BCUT2D eigenvalue weighted by Gasteiger charge is 2.20. The number of nitrogens with zero attached hydrogens (tertiary/aromatic N) is 1. The molecule has 0 saturated carbocycles. The quantitative estimate of drug-likeness (QED) is 0.374. The number of β-amino-alcohol motifs (C(OH)–C–C–N with tert-alkyl or cyclic N) is 1. The van der Waals surface area contributed by atoms with E-state index in [0.717, 1.165) is 12.0 Å². The number of benzene rings is 3. The van der Waals surface area contributed by atoms with Gasteiger partial charge in [0.1, 0.15) is 24.5 Å². The lowest BCUT2D eigenvalue weighted by molar-refractivity contribution is -0.143. The molecule has 0 aliphatic heterocycles. The van der Waals surface area contributed by atoms with Gasteiger partial charge in [-0.25, -0.2) is 0 Å². The van der Waals surface area contributed by atoms with Crippen LogP contribution < -0.4 is 10.1 Å². The van der Waals surface area contributed by atoms with Gasteiger partial charge < -0.3 is 19.9 Å². The summed E-state index contributed by atoms with van der Waals surface area (Å²) in [5, 5.41) is 25.8. The molecule has 6 heteroatoms. The molecule has 0 aromatic heterocycles. The number of rotatable bonds is 12. The number of esters is 1. The minimum absolute atomic E-state index is 0.0654. The smallest absolute Gasteiger partial charge is 0.306 e. The highest BCUT2D eigenvalue weighted by molar-refractivity contribution is 5.83. The Morgan fingerprint density at radius 1 is 1.09 bits per heavy atom. The molecule has 3 aromatic rings. The number of fused-ring (bicyclic) bond motifs is 1. The normalized spacial score (nSPS) is 12.2. The maximum atomic E-state index is 11.6. The highest BCUT2D eigenvalue weighted by Crippen LogP contribution is 2.22. The van der Waals surface area contributed by atoms with Gasteiger partial charge in [0.15, 0.2) is 0 Å². The summed E-state index contributed by atoms with van der Waals surface area (Å²) < 4.78 is 10.7. The SMILES string of the molecule is CCOC(=O)CCc1ccc(OCC(O)CNC(C)(C)Cc2ccc3ccccc3c2)c(C#N)c1. The van der Waals surface area contributed by atoms with Crippen molar-refractivity contribution in [2.75, 3.05) is 19.8 Å². The number of aryl methyl sites for hydroxylation is 1. The molecule has 2 N–H and O–H groups in total. The molecule has 0 spiro atoms. The Kier molecular flexibility index (Phi) is 9.25. The van der Waals surface area contributed by atoms with E-state index in [1.807, 2.05) is 18.2 Å². The molecule has 184 valence electrons. The topological polar surface area (TPSA) is 91.6 Å². The van der Waals surface area contributed by atoms with Gasteiger partial charge >= 0.3 is 5.97 Å². The largest absolute Gasteiger partial charge is 0.489 e. The van der Waals surface area contributed by atoms with Crippen molar-refractivity contribution >= 4 is 16.7 Å². The Balaban J connectivity index is 1.49. The number of aliphatic hydroxyl groups excluding tert-OH is 1. The summed E-state index contributed by atoms with van der Waals surface area (Å²) in [6.07, 6.45) is 0.836. The summed E-state index contributed by atoms with van der Waals surface area (Å²) in [6, 6.07) is 22.2. The van der Waals surface area contributed by atoms with Crippen molar-refractivity contribution in [3.63, 3.8) is 0 Å². The summed E-state index contributed by atoms with van der Waals surface area (Å²) in [4.78, 5) is 11.6. The van der Waals surface area contributed by atoms with Gasteiger partial charge in [-0.2, -0.15) is 5.26 Å². The predicted molar refractivity (Wildman–Crippen MR) is 137 cm³/mol. The zero-order chi connectivity index (χ0) is 25.3. The molecule has 3 aromatic carbocycles. The van der Waals surface area contributed by atoms with Gasteiger partial charge in [-0.1, -0.05) is 48.5 Å². The molecule has 0 fully saturated rings. The summed E-state index contributed by atoms with van der Waals surface area (Å²) >= 11 is 0. The number of aliphatic hydroxyl groups is 1. The molecule has 0 aliphatic rings. The van der Waals surface area contributed by atoms with E-state index in [4.69, 9.17) is 9.47 Å². The van der Waals surface area contributed by atoms with Gasteiger partial charge in [-0.3, -0.25) is 4.79 Å². The molecule has 35 heavy (non-hydrogen) atoms. The fourth-order valence-electron chi connectivity index (χ4n) is 3.99. The third-order valence-corrected chi connectivity index (χ3v) is 5.79. The van der Waals surface area contributed by atoms with Gasteiger partial charge in [-0.05, 0) is 67.6 Å². The maximum absolute atomic E-state index is 11.6. The van der Waals surface area contributed by atoms with Gasteiger partial charge in [0.25, 0.3) is 0 Å². The van der Waals surface area contributed by atoms with Crippen LogP contribution in [0.5, 0.6) is 5.75 Å². The molecule has 1 atom stereocenters. The van der Waals surface area contributed by atoms with E-state index >= 15 is 0 Å². The van der Waals surface area contributed by atoms with Crippen molar-refractivity contribution in [2.45, 2.75) is 51.7 Å². The van der Waals surface area contributed by atoms with Crippen molar-refractivity contribution in [2.24, 2.45) is 0 Å². The van der Waals surface area contributed by atoms with Gasteiger partial charge in [0.05, 0.1) is 12.2 Å². The number of hydrogen-bond acceptors (Lipinski definition) is 6.